The minimum absolute atomic E-state index is 0. The molecule has 0 unspecified atom stereocenters. The summed E-state index contributed by atoms with van der Waals surface area (Å²) in [6.07, 6.45) is 4.03. The Kier molecular flexibility index (Phi) is 5.26. The fraction of sp³-hybridized carbons (Fsp3) is 0.0833. The van der Waals surface area contributed by atoms with Gasteiger partial charge in [0.2, 0.25) is 0 Å². The second-order valence-electron chi connectivity index (χ2n) is 3.30. The molecule has 0 saturated heterocycles. The average molecular weight is 319 g/mol. The van der Waals surface area contributed by atoms with Crippen molar-refractivity contribution in [2.75, 3.05) is 0 Å². The van der Waals surface area contributed by atoms with Crippen molar-refractivity contribution in [2.24, 2.45) is 0 Å². The number of aromatic nitrogens is 1. The zero-order valence-electron chi connectivity index (χ0n) is 8.41. The zero-order valence-corrected chi connectivity index (χ0v) is 11.5. The first kappa shape index (κ1) is 13.5. The van der Waals surface area contributed by atoms with Crippen LogP contribution in [0.1, 0.15) is 5.56 Å². The molecule has 84 valence electrons. The Morgan fingerprint density at radius 3 is 2.25 bits per heavy atom. The largest absolute Gasteiger partial charge is 1.00 e. The average Bonchev–Trinajstić information content (AvgIpc) is 2.25. The van der Waals surface area contributed by atoms with Gasteiger partial charge in [0, 0.05) is 17.7 Å². The van der Waals surface area contributed by atoms with Crippen LogP contribution in [0.5, 0.6) is 0 Å². The van der Waals surface area contributed by atoms with Crippen LogP contribution in [0, 0.1) is 0 Å². The van der Waals surface area contributed by atoms with Crippen molar-refractivity contribution >= 4 is 23.2 Å². The van der Waals surface area contributed by atoms with Gasteiger partial charge >= 0.3 is 0 Å². The number of hydrogen-bond donors (Lipinski definition) is 0. The number of benzene rings is 1. The van der Waals surface area contributed by atoms with E-state index in [1.165, 1.54) is 0 Å². The molecule has 0 N–H and O–H groups in total. The van der Waals surface area contributed by atoms with Crippen molar-refractivity contribution in [2.45, 2.75) is 6.54 Å². The first-order valence-corrected chi connectivity index (χ1v) is 5.39. The fourth-order valence-electron chi connectivity index (χ4n) is 1.39. The van der Waals surface area contributed by atoms with E-state index in [0.717, 1.165) is 12.1 Å². The predicted octanol–water partition coefficient (Wildman–Crippen LogP) is 0.333. The molecule has 0 spiro atoms. The molecular formula is C12H10BrCl2N. The molecule has 0 fully saturated rings. The van der Waals surface area contributed by atoms with Crippen molar-refractivity contribution in [3.8, 4) is 0 Å². The third-order valence-electron chi connectivity index (χ3n) is 2.13. The highest BCUT2D eigenvalue weighted by atomic mass is 79.9. The van der Waals surface area contributed by atoms with Crippen LogP contribution in [0.2, 0.25) is 10.0 Å². The van der Waals surface area contributed by atoms with E-state index >= 15 is 0 Å². The minimum Gasteiger partial charge on any atom is -1.00 e. The standard InChI is InChI=1S/C12H10Cl2N.BrH/c13-11-5-4-10(8-12(11)14)9-15-6-2-1-3-7-15;/h1-8H,9H2;1H/q+1;/p-1. The van der Waals surface area contributed by atoms with Crippen molar-refractivity contribution < 1.29 is 21.5 Å². The predicted molar refractivity (Wildman–Crippen MR) is 62.2 cm³/mol. The Balaban J connectivity index is 0.00000128. The van der Waals surface area contributed by atoms with Gasteiger partial charge in [-0.3, -0.25) is 0 Å². The molecule has 0 radical (unpaired) electrons. The fourth-order valence-corrected chi connectivity index (χ4v) is 1.71. The summed E-state index contributed by atoms with van der Waals surface area (Å²) in [5.41, 5.74) is 1.14. The van der Waals surface area contributed by atoms with Crippen LogP contribution >= 0.6 is 23.2 Å². The summed E-state index contributed by atoms with van der Waals surface area (Å²) in [5, 5.41) is 1.20. The molecule has 2 rings (SSSR count). The highest BCUT2D eigenvalue weighted by Gasteiger charge is 2.03. The molecular weight excluding hydrogens is 309 g/mol. The van der Waals surface area contributed by atoms with Crippen LogP contribution in [-0.2, 0) is 6.54 Å². The van der Waals surface area contributed by atoms with Gasteiger partial charge in [-0.05, 0) is 12.1 Å². The van der Waals surface area contributed by atoms with Gasteiger partial charge < -0.3 is 17.0 Å². The Morgan fingerprint density at radius 1 is 0.938 bits per heavy atom. The maximum atomic E-state index is 5.94. The van der Waals surface area contributed by atoms with E-state index in [0.29, 0.717) is 10.0 Å². The first-order valence-electron chi connectivity index (χ1n) is 4.64. The maximum Gasteiger partial charge on any atom is 0.173 e. The first-order chi connectivity index (χ1) is 7.25. The Bertz CT molecular complexity index is 460. The summed E-state index contributed by atoms with van der Waals surface area (Å²) in [7, 11) is 0. The molecule has 4 heteroatoms. The van der Waals surface area contributed by atoms with Gasteiger partial charge in [0.15, 0.2) is 18.9 Å². The molecule has 0 aliphatic heterocycles. The third-order valence-corrected chi connectivity index (χ3v) is 2.87. The number of hydrogen-bond acceptors (Lipinski definition) is 0. The van der Waals surface area contributed by atoms with Gasteiger partial charge in [-0.1, -0.05) is 35.3 Å². The van der Waals surface area contributed by atoms with Gasteiger partial charge in [0.1, 0.15) is 0 Å². The van der Waals surface area contributed by atoms with Gasteiger partial charge in [0.25, 0.3) is 0 Å². The van der Waals surface area contributed by atoms with E-state index < -0.39 is 0 Å². The molecule has 1 heterocycles. The second kappa shape index (κ2) is 6.24. The number of halogens is 3. The lowest BCUT2D eigenvalue weighted by Crippen LogP contribution is -3.00. The topological polar surface area (TPSA) is 3.88 Å². The third kappa shape index (κ3) is 3.48. The monoisotopic (exact) mass is 317 g/mol. The lowest BCUT2D eigenvalue weighted by Gasteiger charge is -1.99. The Labute approximate surface area is 115 Å². The molecule has 0 bridgehead atoms. The molecule has 0 aliphatic rings. The highest BCUT2D eigenvalue weighted by Crippen LogP contribution is 2.22. The lowest BCUT2D eigenvalue weighted by molar-refractivity contribution is -0.688. The maximum absolute atomic E-state index is 5.94. The lowest BCUT2D eigenvalue weighted by atomic mass is 10.2. The molecule has 1 nitrogen and oxygen atoms in total. The molecule has 0 amide bonds. The zero-order chi connectivity index (χ0) is 10.7. The van der Waals surface area contributed by atoms with Gasteiger partial charge in [-0.2, -0.15) is 0 Å². The molecule has 2 aromatic rings. The molecule has 1 aromatic carbocycles. The normalized spacial score (nSPS) is 9.62. The van der Waals surface area contributed by atoms with Gasteiger partial charge in [-0.25, -0.2) is 4.57 Å². The van der Waals surface area contributed by atoms with E-state index in [1.54, 1.807) is 0 Å². The van der Waals surface area contributed by atoms with Crippen LogP contribution < -0.4 is 21.5 Å². The van der Waals surface area contributed by atoms with Crippen LogP contribution in [0.4, 0.5) is 0 Å². The van der Waals surface area contributed by atoms with Crippen LogP contribution in [0.15, 0.2) is 48.8 Å². The van der Waals surface area contributed by atoms with E-state index in [4.69, 9.17) is 23.2 Å². The smallest absolute Gasteiger partial charge is 0.173 e. The summed E-state index contributed by atoms with van der Waals surface area (Å²) < 4.78 is 2.08. The molecule has 0 saturated carbocycles. The molecule has 16 heavy (non-hydrogen) atoms. The number of pyridine rings is 1. The van der Waals surface area contributed by atoms with E-state index in [9.17, 15) is 0 Å². The summed E-state index contributed by atoms with van der Waals surface area (Å²) in [6.45, 7) is 0.803. The number of rotatable bonds is 2. The minimum atomic E-state index is 0. The van der Waals surface area contributed by atoms with E-state index in [-0.39, 0.29) is 17.0 Å². The van der Waals surface area contributed by atoms with E-state index in [2.05, 4.69) is 4.57 Å². The van der Waals surface area contributed by atoms with E-state index in [1.807, 2.05) is 48.8 Å². The van der Waals surface area contributed by atoms with Crippen molar-refractivity contribution in [1.29, 1.82) is 0 Å². The van der Waals surface area contributed by atoms with Gasteiger partial charge in [0.05, 0.1) is 10.0 Å². The summed E-state index contributed by atoms with van der Waals surface area (Å²) in [6, 6.07) is 11.7. The SMILES string of the molecule is Clc1ccc(C[n+]2ccccc2)cc1Cl.[Br-]. The van der Waals surface area contributed by atoms with Crippen molar-refractivity contribution in [3.05, 3.63) is 64.4 Å². The highest BCUT2D eigenvalue weighted by molar-refractivity contribution is 6.41. The van der Waals surface area contributed by atoms with Crippen molar-refractivity contribution in [3.63, 3.8) is 0 Å². The molecule has 0 atom stereocenters. The van der Waals surface area contributed by atoms with Crippen LogP contribution in [-0.4, -0.2) is 0 Å². The van der Waals surface area contributed by atoms with Crippen molar-refractivity contribution in [1.82, 2.24) is 0 Å². The van der Waals surface area contributed by atoms with Crippen LogP contribution in [0.3, 0.4) is 0 Å². The summed E-state index contributed by atoms with van der Waals surface area (Å²) in [5.74, 6) is 0. The molecule has 1 aromatic heterocycles. The summed E-state index contributed by atoms with van der Waals surface area (Å²) >= 11 is 11.8. The second-order valence-corrected chi connectivity index (χ2v) is 4.11. The summed E-state index contributed by atoms with van der Waals surface area (Å²) in [4.78, 5) is 0. The Morgan fingerprint density at radius 2 is 1.62 bits per heavy atom. The van der Waals surface area contributed by atoms with Gasteiger partial charge in [-0.15, -0.1) is 0 Å². The molecule has 0 aliphatic carbocycles. The van der Waals surface area contributed by atoms with Crippen LogP contribution in [0.25, 0.3) is 0 Å². The quantitative estimate of drug-likeness (QED) is 0.703. The Hall–Kier alpha value is -0.570. The number of nitrogens with zero attached hydrogens (tertiary/aromatic N) is 1.